The van der Waals surface area contributed by atoms with E-state index in [0.717, 1.165) is 12.1 Å². The number of hydrogen-bond donors (Lipinski definition) is 1. The molecule has 68 valence electrons. The molecule has 3 nitrogen and oxygen atoms in total. The number of thiophene rings is 1. The molecule has 0 radical (unpaired) electrons. The van der Waals surface area contributed by atoms with Crippen molar-refractivity contribution in [3.8, 4) is 0 Å². The van der Waals surface area contributed by atoms with Crippen molar-refractivity contribution in [3.63, 3.8) is 0 Å². The lowest BCUT2D eigenvalue weighted by atomic mass is 10.4. The number of nitrogens with one attached hydrogen (secondary N) is 1. The summed E-state index contributed by atoms with van der Waals surface area (Å²) >= 11 is 1.55. The average Bonchev–Trinajstić information content (AvgIpc) is 2.74. The molecule has 1 aromatic heterocycles. The molecule has 0 bridgehead atoms. The van der Waals surface area contributed by atoms with E-state index in [4.69, 9.17) is 4.74 Å². The van der Waals surface area contributed by atoms with Crippen molar-refractivity contribution >= 4 is 22.9 Å². The van der Waals surface area contributed by atoms with E-state index in [1.165, 1.54) is 0 Å². The van der Waals surface area contributed by atoms with Crippen LogP contribution in [0.2, 0.25) is 0 Å². The zero-order valence-corrected chi connectivity index (χ0v) is 7.76. The molecule has 1 amide bonds. The molecule has 1 aliphatic heterocycles. The number of rotatable bonds is 2. The lowest BCUT2D eigenvalue weighted by molar-refractivity contribution is -0.115. The van der Waals surface area contributed by atoms with Crippen LogP contribution < -0.4 is 5.32 Å². The highest BCUT2D eigenvalue weighted by molar-refractivity contribution is 7.08. The number of amides is 1. The summed E-state index contributed by atoms with van der Waals surface area (Å²) in [4.78, 5) is 11.4. The Kier molecular flexibility index (Phi) is 2.31. The van der Waals surface area contributed by atoms with Gasteiger partial charge in [0.15, 0.2) is 5.76 Å². The van der Waals surface area contributed by atoms with E-state index in [1.807, 2.05) is 22.9 Å². The molecule has 4 heteroatoms. The highest BCUT2D eigenvalue weighted by atomic mass is 32.1. The molecule has 0 fully saturated rings. The average molecular weight is 195 g/mol. The van der Waals surface area contributed by atoms with Gasteiger partial charge in [0.1, 0.15) is 0 Å². The van der Waals surface area contributed by atoms with Crippen molar-refractivity contribution in [2.75, 3.05) is 11.9 Å². The van der Waals surface area contributed by atoms with Gasteiger partial charge < -0.3 is 10.1 Å². The molecule has 0 saturated carbocycles. The van der Waals surface area contributed by atoms with Crippen molar-refractivity contribution in [2.45, 2.75) is 6.42 Å². The molecule has 0 atom stereocenters. The SMILES string of the molecule is O=C(Nc1ccsc1)C1=CCCO1. The summed E-state index contributed by atoms with van der Waals surface area (Å²) in [6.45, 7) is 0.617. The van der Waals surface area contributed by atoms with E-state index in [-0.39, 0.29) is 5.91 Å². The minimum absolute atomic E-state index is 0.157. The van der Waals surface area contributed by atoms with Crippen LogP contribution in [0, 0.1) is 0 Å². The fourth-order valence-corrected chi connectivity index (χ4v) is 1.69. The lowest BCUT2D eigenvalue weighted by Gasteiger charge is -2.03. The lowest BCUT2D eigenvalue weighted by Crippen LogP contribution is -2.13. The van der Waals surface area contributed by atoms with Crippen molar-refractivity contribution in [1.29, 1.82) is 0 Å². The van der Waals surface area contributed by atoms with Crippen LogP contribution >= 0.6 is 11.3 Å². The summed E-state index contributed by atoms with van der Waals surface area (Å²) in [5, 5.41) is 6.54. The summed E-state index contributed by atoms with van der Waals surface area (Å²) in [5.74, 6) is 0.280. The van der Waals surface area contributed by atoms with Gasteiger partial charge >= 0.3 is 0 Å². The van der Waals surface area contributed by atoms with Crippen LogP contribution in [-0.2, 0) is 9.53 Å². The van der Waals surface area contributed by atoms with Crippen molar-refractivity contribution in [2.24, 2.45) is 0 Å². The van der Waals surface area contributed by atoms with E-state index < -0.39 is 0 Å². The molecule has 0 unspecified atom stereocenters. The van der Waals surface area contributed by atoms with E-state index in [0.29, 0.717) is 12.4 Å². The summed E-state index contributed by atoms with van der Waals surface area (Å²) in [7, 11) is 0. The van der Waals surface area contributed by atoms with Gasteiger partial charge in [0.05, 0.1) is 12.3 Å². The Morgan fingerprint density at radius 1 is 1.62 bits per heavy atom. The second-order valence-electron chi connectivity index (χ2n) is 2.67. The maximum absolute atomic E-state index is 11.4. The van der Waals surface area contributed by atoms with Crippen molar-refractivity contribution < 1.29 is 9.53 Å². The third kappa shape index (κ3) is 1.89. The first-order chi connectivity index (χ1) is 6.36. The minimum atomic E-state index is -0.157. The first kappa shape index (κ1) is 8.31. The van der Waals surface area contributed by atoms with E-state index in [9.17, 15) is 4.79 Å². The topological polar surface area (TPSA) is 38.3 Å². The Morgan fingerprint density at radius 3 is 3.15 bits per heavy atom. The van der Waals surface area contributed by atoms with Gasteiger partial charge in [-0.15, -0.1) is 0 Å². The van der Waals surface area contributed by atoms with Gasteiger partial charge in [-0.1, -0.05) is 0 Å². The maximum Gasteiger partial charge on any atom is 0.290 e. The number of anilines is 1. The van der Waals surface area contributed by atoms with Crippen LogP contribution in [-0.4, -0.2) is 12.5 Å². The molecule has 0 aromatic carbocycles. The zero-order chi connectivity index (χ0) is 9.10. The Hall–Kier alpha value is -1.29. The van der Waals surface area contributed by atoms with Crippen LogP contribution in [0.15, 0.2) is 28.7 Å². The molecule has 0 aliphatic carbocycles. The van der Waals surface area contributed by atoms with E-state index in [2.05, 4.69) is 5.32 Å². The molecule has 2 rings (SSSR count). The Labute approximate surface area is 80.0 Å². The van der Waals surface area contributed by atoms with Gasteiger partial charge in [0, 0.05) is 11.8 Å². The zero-order valence-electron chi connectivity index (χ0n) is 6.95. The van der Waals surface area contributed by atoms with Gasteiger partial charge in [-0.05, 0) is 17.5 Å². The molecule has 2 heterocycles. The van der Waals surface area contributed by atoms with Crippen molar-refractivity contribution in [3.05, 3.63) is 28.7 Å². The molecule has 1 aliphatic rings. The summed E-state index contributed by atoms with van der Waals surface area (Å²) < 4.78 is 5.12. The molecule has 1 N–H and O–H groups in total. The Bertz CT molecular complexity index is 329. The molecule has 0 spiro atoms. The van der Waals surface area contributed by atoms with Gasteiger partial charge in [-0.2, -0.15) is 11.3 Å². The van der Waals surface area contributed by atoms with Crippen LogP contribution in [0.3, 0.4) is 0 Å². The quantitative estimate of drug-likeness (QED) is 0.783. The third-order valence-electron chi connectivity index (χ3n) is 1.71. The highest BCUT2D eigenvalue weighted by Crippen LogP contribution is 2.15. The largest absolute Gasteiger partial charge is 0.488 e. The molecule has 13 heavy (non-hydrogen) atoms. The fraction of sp³-hybridized carbons (Fsp3) is 0.222. The second kappa shape index (κ2) is 3.62. The van der Waals surface area contributed by atoms with Crippen LogP contribution in [0.5, 0.6) is 0 Å². The third-order valence-corrected chi connectivity index (χ3v) is 2.39. The number of carbonyl (C=O) groups is 1. The van der Waals surface area contributed by atoms with E-state index in [1.54, 1.807) is 11.3 Å². The number of carbonyl (C=O) groups excluding carboxylic acids is 1. The Balaban J connectivity index is 1.99. The first-order valence-corrected chi connectivity index (χ1v) is 4.97. The molecular formula is C9H9NO2S. The number of hydrogen-bond acceptors (Lipinski definition) is 3. The normalized spacial score (nSPS) is 14.9. The predicted molar refractivity (Wildman–Crippen MR) is 51.6 cm³/mol. The van der Waals surface area contributed by atoms with Crippen molar-refractivity contribution in [1.82, 2.24) is 0 Å². The number of ether oxygens (including phenoxy) is 1. The van der Waals surface area contributed by atoms with Crippen LogP contribution in [0.4, 0.5) is 5.69 Å². The standard InChI is InChI=1S/C9H9NO2S/c11-9(8-2-1-4-12-8)10-7-3-5-13-6-7/h2-3,5-6H,1,4H2,(H,10,11). The summed E-state index contributed by atoms with van der Waals surface area (Å²) in [6.07, 6.45) is 2.63. The van der Waals surface area contributed by atoms with Crippen LogP contribution in [0.25, 0.3) is 0 Å². The van der Waals surface area contributed by atoms with Gasteiger partial charge in [0.2, 0.25) is 0 Å². The summed E-state index contributed by atoms with van der Waals surface area (Å²) in [6, 6.07) is 1.86. The van der Waals surface area contributed by atoms with E-state index >= 15 is 0 Å². The minimum Gasteiger partial charge on any atom is -0.488 e. The first-order valence-electron chi connectivity index (χ1n) is 4.03. The highest BCUT2D eigenvalue weighted by Gasteiger charge is 2.14. The van der Waals surface area contributed by atoms with Gasteiger partial charge in [0.25, 0.3) is 5.91 Å². The van der Waals surface area contributed by atoms with Crippen LogP contribution in [0.1, 0.15) is 6.42 Å². The van der Waals surface area contributed by atoms with Gasteiger partial charge in [-0.25, -0.2) is 0 Å². The molecule has 0 saturated heterocycles. The predicted octanol–water partition coefficient (Wildman–Crippen LogP) is 1.99. The van der Waals surface area contributed by atoms with Gasteiger partial charge in [-0.3, -0.25) is 4.79 Å². The molecule has 1 aromatic rings. The smallest absolute Gasteiger partial charge is 0.290 e. The second-order valence-corrected chi connectivity index (χ2v) is 3.45. The fourth-order valence-electron chi connectivity index (χ4n) is 1.10. The maximum atomic E-state index is 11.4. The summed E-state index contributed by atoms with van der Waals surface area (Å²) in [5.41, 5.74) is 0.825. The monoisotopic (exact) mass is 195 g/mol. The Morgan fingerprint density at radius 2 is 2.54 bits per heavy atom. The molecular weight excluding hydrogens is 186 g/mol.